The predicted octanol–water partition coefficient (Wildman–Crippen LogP) is 2.43. The molecule has 0 unspecified atom stereocenters. The maximum absolute atomic E-state index is 12.3. The van der Waals surface area contributed by atoms with Crippen LogP contribution in [0, 0.1) is 20.2 Å². The van der Waals surface area contributed by atoms with Gasteiger partial charge >= 0.3 is 0 Å². The van der Waals surface area contributed by atoms with Crippen LogP contribution in [0.15, 0.2) is 54.2 Å². The van der Waals surface area contributed by atoms with E-state index in [4.69, 9.17) is 0 Å². The van der Waals surface area contributed by atoms with Crippen molar-refractivity contribution in [1.29, 1.82) is 0 Å². The summed E-state index contributed by atoms with van der Waals surface area (Å²) in [5.41, 5.74) is 0.594. The number of hydrogen-bond donors (Lipinski definition) is 3. The molecule has 0 radical (unpaired) electrons. The Kier molecular flexibility index (Phi) is 4.33. The molecule has 1 heterocycles. The minimum atomic E-state index is -1.30. The summed E-state index contributed by atoms with van der Waals surface area (Å²) < 4.78 is 0. The van der Waals surface area contributed by atoms with Gasteiger partial charge < -0.3 is 15.7 Å². The van der Waals surface area contributed by atoms with Gasteiger partial charge in [-0.2, -0.15) is 0 Å². The van der Waals surface area contributed by atoms with Crippen LogP contribution in [0.25, 0.3) is 0 Å². The van der Waals surface area contributed by atoms with Crippen molar-refractivity contribution in [1.82, 2.24) is 0 Å². The number of allylic oxidation sites excluding steroid dienone is 1. The molecule has 3 rings (SSSR count). The lowest BCUT2D eigenvalue weighted by Gasteiger charge is -2.27. The molecule has 0 saturated carbocycles. The van der Waals surface area contributed by atoms with E-state index in [0.717, 1.165) is 12.1 Å². The molecule has 0 fully saturated rings. The zero-order valence-electron chi connectivity index (χ0n) is 13.1. The van der Waals surface area contributed by atoms with Gasteiger partial charge in [0.05, 0.1) is 26.9 Å². The Morgan fingerprint density at radius 1 is 1.04 bits per heavy atom. The molecule has 26 heavy (non-hydrogen) atoms. The zero-order valence-corrected chi connectivity index (χ0v) is 13.1. The summed E-state index contributed by atoms with van der Waals surface area (Å²) in [6, 6.07) is 9.20. The molecule has 1 atom stereocenters. The lowest BCUT2D eigenvalue weighted by Crippen LogP contribution is -2.31. The van der Waals surface area contributed by atoms with Crippen LogP contribution in [-0.2, 0) is 0 Å². The van der Waals surface area contributed by atoms with Crippen LogP contribution in [0.1, 0.15) is 10.4 Å². The maximum atomic E-state index is 12.3. The van der Waals surface area contributed by atoms with Crippen LogP contribution in [0.3, 0.4) is 0 Å². The van der Waals surface area contributed by atoms with Gasteiger partial charge in [0.1, 0.15) is 0 Å². The molecule has 1 aliphatic rings. The fourth-order valence-electron chi connectivity index (χ4n) is 2.44. The van der Waals surface area contributed by atoms with Crippen LogP contribution in [0.4, 0.5) is 22.7 Å². The fraction of sp³-hybridized carbons (Fsp3) is 0.0625. The van der Waals surface area contributed by atoms with Gasteiger partial charge in [0.25, 0.3) is 11.4 Å². The SMILES string of the molecule is O=C(/C=C1\Nc2ccc([N+](=O)[O-])cc2N[C@H]1O)c1cccc([N+](=O)[O-])c1. The number of fused-ring (bicyclic) bond motifs is 1. The number of nitrogens with zero attached hydrogens (tertiary/aromatic N) is 2. The van der Waals surface area contributed by atoms with Crippen molar-refractivity contribution in [3.63, 3.8) is 0 Å². The molecule has 0 aromatic heterocycles. The lowest BCUT2D eigenvalue weighted by molar-refractivity contribution is -0.385. The standard InChI is InChI=1S/C16H12N4O6/c21-15(9-2-1-3-10(6-9)19(23)24)8-14-16(22)18-13-7-11(20(25)26)4-5-12(13)17-14/h1-8,16-18,22H/b14-8-/t16-/m0/s1. The second kappa shape index (κ2) is 6.61. The molecule has 1 aliphatic heterocycles. The average Bonchev–Trinajstić information content (AvgIpc) is 2.61. The zero-order chi connectivity index (χ0) is 18.8. The number of rotatable bonds is 4. The third kappa shape index (κ3) is 3.35. The van der Waals surface area contributed by atoms with Crippen LogP contribution < -0.4 is 10.6 Å². The van der Waals surface area contributed by atoms with Crippen molar-refractivity contribution in [3.8, 4) is 0 Å². The Morgan fingerprint density at radius 3 is 2.42 bits per heavy atom. The van der Waals surface area contributed by atoms with Gasteiger partial charge in [0, 0.05) is 35.9 Å². The molecule has 132 valence electrons. The van der Waals surface area contributed by atoms with Gasteiger partial charge in [0.2, 0.25) is 0 Å². The van der Waals surface area contributed by atoms with E-state index in [1.54, 1.807) is 0 Å². The highest BCUT2D eigenvalue weighted by Gasteiger charge is 2.23. The molecular formula is C16H12N4O6. The Morgan fingerprint density at radius 2 is 1.73 bits per heavy atom. The van der Waals surface area contributed by atoms with Crippen molar-refractivity contribution >= 4 is 28.5 Å². The second-order valence-corrected chi connectivity index (χ2v) is 5.43. The van der Waals surface area contributed by atoms with E-state index in [1.165, 1.54) is 36.4 Å². The number of non-ortho nitro benzene ring substituents is 2. The third-order valence-corrected chi connectivity index (χ3v) is 3.71. The number of nitrogens with one attached hydrogen (secondary N) is 2. The number of aliphatic hydroxyl groups excluding tert-OH is 1. The first kappa shape index (κ1) is 17.0. The Bertz CT molecular complexity index is 956. The van der Waals surface area contributed by atoms with E-state index in [2.05, 4.69) is 10.6 Å². The predicted molar refractivity (Wildman–Crippen MR) is 91.9 cm³/mol. The molecule has 3 N–H and O–H groups in total. The number of carbonyl (C=O) groups excluding carboxylic acids is 1. The van der Waals surface area contributed by atoms with E-state index in [1.807, 2.05) is 0 Å². The summed E-state index contributed by atoms with van der Waals surface area (Å²) in [5.74, 6) is -0.539. The van der Waals surface area contributed by atoms with Crippen molar-refractivity contribution in [3.05, 3.63) is 80.0 Å². The van der Waals surface area contributed by atoms with Gasteiger partial charge in [-0.05, 0) is 6.07 Å². The van der Waals surface area contributed by atoms with E-state index >= 15 is 0 Å². The normalized spacial score (nSPS) is 17.0. The summed E-state index contributed by atoms with van der Waals surface area (Å²) in [6.45, 7) is 0. The maximum Gasteiger partial charge on any atom is 0.271 e. The van der Waals surface area contributed by atoms with Gasteiger partial charge in [-0.25, -0.2) is 0 Å². The Labute approximate surface area is 146 Å². The monoisotopic (exact) mass is 356 g/mol. The summed E-state index contributed by atoms with van der Waals surface area (Å²) in [4.78, 5) is 32.7. The molecular weight excluding hydrogens is 344 g/mol. The largest absolute Gasteiger partial charge is 0.368 e. The topological polar surface area (TPSA) is 148 Å². The Hall–Kier alpha value is -3.79. The van der Waals surface area contributed by atoms with Gasteiger partial charge in [-0.15, -0.1) is 0 Å². The van der Waals surface area contributed by atoms with Gasteiger partial charge in [0.15, 0.2) is 12.0 Å². The lowest BCUT2D eigenvalue weighted by atomic mass is 10.1. The molecule has 0 spiro atoms. The van der Waals surface area contributed by atoms with Crippen molar-refractivity contribution in [2.45, 2.75) is 6.23 Å². The van der Waals surface area contributed by atoms with Gasteiger partial charge in [-0.3, -0.25) is 25.0 Å². The van der Waals surface area contributed by atoms with Crippen LogP contribution >= 0.6 is 0 Å². The highest BCUT2D eigenvalue weighted by Crippen LogP contribution is 2.32. The van der Waals surface area contributed by atoms with E-state index in [0.29, 0.717) is 11.4 Å². The molecule has 2 aromatic carbocycles. The molecule has 10 nitrogen and oxygen atoms in total. The number of hydrogen-bond acceptors (Lipinski definition) is 8. The Balaban J connectivity index is 1.87. The summed E-state index contributed by atoms with van der Waals surface area (Å²) in [6.07, 6.45) is -0.187. The molecule has 0 saturated heterocycles. The highest BCUT2D eigenvalue weighted by atomic mass is 16.6. The van der Waals surface area contributed by atoms with Crippen molar-refractivity contribution in [2.75, 3.05) is 10.6 Å². The first-order chi connectivity index (χ1) is 12.3. The minimum Gasteiger partial charge on any atom is -0.368 e. The first-order valence-electron chi connectivity index (χ1n) is 7.35. The number of aliphatic hydroxyl groups is 1. The smallest absolute Gasteiger partial charge is 0.271 e. The molecule has 2 aromatic rings. The minimum absolute atomic E-state index is 0.0928. The summed E-state index contributed by atoms with van der Waals surface area (Å²) in [7, 11) is 0. The first-order valence-corrected chi connectivity index (χ1v) is 7.35. The highest BCUT2D eigenvalue weighted by molar-refractivity contribution is 6.05. The number of nitro groups is 2. The van der Waals surface area contributed by atoms with Gasteiger partial charge in [-0.1, -0.05) is 12.1 Å². The van der Waals surface area contributed by atoms with Crippen LogP contribution in [0.5, 0.6) is 0 Å². The third-order valence-electron chi connectivity index (χ3n) is 3.71. The molecule has 10 heteroatoms. The van der Waals surface area contributed by atoms with Crippen LogP contribution in [-0.4, -0.2) is 27.0 Å². The van der Waals surface area contributed by atoms with Crippen molar-refractivity contribution in [2.24, 2.45) is 0 Å². The number of anilines is 2. The quantitative estimate of drug-likeness (QED) is 0.327. The number of nitro benzene ring substituents is 2. The molecule has 0 aliphatic carbocycles. The summed E-state index contributed by atoms with van der Waals surface area (Å²) in [5, 5.41) is 37.2. The fourth-order valence-corrected chi connectivity index (χ4v) is 2.44. The number of carbonyl (C=O) groups is 1. The molecule has 0 bridgehead atoms. The second-order valence-electron chi connectivity index (χ2n) is 5.43. The number of benzene rings is 2. The van der Waals surface area contributed by atoms with E-state index in [-0.39, 0.29) is 22.6 Å². The average molecular weight is 356 g/mol. The molecule has 0 amide bonds. The van der Waals surface area contributed by atoms with Crippen LogP contribution in [0.2, 0.25) is 0 Å². The van der Waals surface area contributed by atoms with Crippen molar-refractivity contribution < 1.29 is 19.7 Å². The van der Waals surface area contributed by atoms with E-state index < -0.39 is 21.9 Å². The summed E-state index contributed by atoms with van der Waals surface area (Å²) >= 11 is 0. The number of ketones is 1. The van der Waals surface area contributed by atoms with E-state index in [9.17, 15) is 30.1 Å².